The van der Waals surface area contributed by atoms with Gasteiger partial charge in [0.25, 0.3) is 0 Å². The highest BCUT2D eigenvalue weighted by molar-refractivity contribution is 6.32. The molecular weight excluding hydrogens is 278 g/mol. The summed E-state index contributed by atoms with van der Waals surface area (Å²) in [5.74, 6) is -0.870. The predicted molar refractivity (Wildman–Crippen MR) is 65.4 cm³/mol. The first kappa shape index (κ1) is 13.3. The zero-order chi connectivity index (χ0) is 14.2. The van der Waals surface area contributed by atoms with E-state index in [9.17, 15) is 9.59 Å². The van der Waals surface area contributed by atoms with Crippen molar-refractivity contribution >= 4 is 29.4 Å². The van der Waals surface area contributed by atoms with Crippen molar-refractivity contribution in [2.75, 3.05) is 18.6 Å². The van der Waals surface area contributed by atoms with Crippen molar-refractivity contribution in [3.63, 3.8) is 0 Å². The minimum Gasteiger partial charge on any atom is -0.495 e. The number of ether oxygens (including phenoxy) is 2. The number of rotatable bonds is 2. The minimum absolute atomic E-state index is 0.0994. The molecule has 0 radical (unpaired) electrons. The summed E-state index contributed by atoms with van der Waals surface area (Å²) in [5.41, 5.74) is 0.191. The molecular formula is C11H10ClNO6. The van der Waals surface area contributed by atoms with Crippen LogP contribution in [0.25, 0.3) is 0 Å². The number of amides is 1. The van der Waals surface area contributed by atoms with E-state index in [1.54, 1.807) is 0 Å². The summed E-state index contributed by atoms with van der Waals surface area (Å²) in [7, 11) is 1.39. The summed E-state index contributed by atoms with van der Waals surface area (Å²) in [6, 6.07) is 2.73. The predicted octanol–water partition coefficient (Wildman–Crippen LogP) is 1.68. The lowest BCUT2D eigenvalue weighted by Crippen LogP contribution is -2.46. The van der Waals surface area contributed by atoms with E-state index in [1.165, 1.54) is 19.2 Å². The zero-order valence-electron chi connectivity index (χ0n) is 9.79. The summed E-state index contributed by atoms with van der Waals surface area (Å²) in [5, 5.41) is 18.3. The van der Waals surface area contributed by atoms with Crippen LogP contribution in [0.3, 0.4) is 0 Å². The first-order valence-electron chi connectivity index (χ1n) is 5.21. The number of methoxy groups -OCH3 is 1. The van der Waals surface area contributed by atoms with Gasteiger partial charge in [-0.25, -0.2) is 9.59 Å². The molecule has 0 saturated heterocycles. The van der Waals surface area contributed by atoms with Gasteiger partial charge in [-0.1, -0.05) is 11.6 Å². The van der Waals surface area contributed by atoms with Gasteiger partial charge >= 0.3 is 12.1 Å². The summed E-state index contributed by atoms with van der Waals surface area (Å²) in [6.45, 7) is -0.305. The molecule has 19 heavy (non-hydrogen) atoms. The average molecular weight is 288 g/mol. The van der Waals surface area contributed by atoms with Crippen molar-refractivity contribution in [3.05, 3.63) is 17.2 Å². The van der Waals surface area contributed by atoms with Crippen molar-refractivity contribution in [1.29, 1.82) is 0 Å². The SMILES string of the molecule is COc1cc2c(cc1Cl)N(C(=O)O)CC(C(=O)O)O2. The average Bonchev–Trinajstić information content (AvgIpc) is 2.36. The topological polar surface area (TPSA) is 96.3 Å². The summed E-state index contributed by atoms with van der Waals surface area (Å²) in [4.78, 5) is 23.0. The Morgan fingerprint density at radius 1 is 1.47 bits per heavy atom. The number of nitrogens with zero attached hydrogens (tertiary/aromatic N) is 1. The van der Waals surface area contributed by atoms with Gasteiger partial charge in [0.2, 0.25) is 6.10 Å². The molecule has 1 amide bonds. The second-order valence-electron chi connectivity index (χ2n) is 3.79. The minimum atomic E-state index is -1.28. The van der Waals surface area contributed by atoms with E-state index < -0.39 is 18.2 Å². The highest BCUT2D eigenvalue weighted by Gasteiger charge is 2.34. The van der Waals surface area contributed by atoms with Gasteiger partial charge in [0, 0.05) is 6.07 Å². The fraction of sp³-hybridized carbons (Fsp3) is 0.273. The largest absolute Gasteiger partial charge is 0.495 e. The third-order valence-electron chi connectivity index (χ3n) is 2.65. The van der Waals surface area contributed by atoms with Gasteiger partial charge in [0.05, 0.1) is 24.4 Å². The molecule has 2 rings (SSSR count). The smallest absolute Gasteiger partial charge is 0.412 e. The van der Waals surface area contributed by atoms with Crippen molar-refractivity contribution < 1.29 is 29.3 Å². The molecule has 0 spiro atoms. The van der Waals surface area contributed by atoms with E-state index in [-0.39, 0.29) is 28.8 Å². The molecule has 1 aromatic rings. The van der Waals surface area contributed by atoms with Gasteiger partial charge in [-0.05, 0) is 6.07 Å². The highest BCUT2D eigenvalue weighted by atomic mass is 35.5. The lowest BCUT2D eigenvalue weighted by atomic mass is 10.2. The van der Waals surface area contributed by atoms with Crippen LogP contribution in [0.5, 0.6) is 11.5 Å². The Hall–Kier alpha value is -2.15. The molecule has 1 heterocycles. The monoisotopic (exact) mass is 287 g/mol. The molecule has 2 N–H and O–H groups in total. The number of carboxylic acids is 1. The molecule has 0 saturated carbocycles. The van der Waals surface area contributed by atoms with Crippen molar-refractivity contribution in [3.8, 4) is 11.5 Å². The van der Waals surface area contributed by atoms with Crippen LogP contribution in [0.1, 0.15) is 0 Å². The quantitative estimate of drug-likeness (QED) is 0.859. The molecule has 0 aromatic heterocycles. The second-order valence-corrected chi connectivity index (χ2v) is 4.20. The van der Waals surface area contributed by atoms with Gasteiger partial charge in [0.1, 0.15) is 11.5 Å². The Morgan fingerprint density at radius 3 is 2.68 bits per heavy atom. The van der Waals surface area contributed by atoms with Crippen LogP contribution in [0.2, 0.25) is 5.02 Å². The van der Waals surface area contributed by atoms with Crippen LogP contribution in [0.15, 0.2) is 12.1 Å². The second kappa shape index (κ2) is 4.85. The van der Waals surface area contributed by atoms with Crippen LogP contribution in [-0.2, 0) is 4.79 Å². The molecule has 1 atom stereocenters. The molecule has 7 nitrogen and oxygen atoms in total. The van der Waals surface area contributed by atoms with E-state index in [0.717, 1.165) is 4.90 Å². The molecule has 1 aliphatic rings. The maximum Gasteiger partial charge on any atom is 0.412 e. The van der Waals surface area contributed by atoms with Crippen molar-refractivity contribution in [1.82, 2.24) is 0 Å². The van der Waals surface area contributed by atoms with Gasteiger partial charge in [-0.2, -0.15) is 0 Å². The fourth-order valence-electron chi connectivity index (χ4n) is 1.75. The molecule has 8 heteroatoms. The zero-order valence-corrected chi connectivity index (χ0v) is 10.5. The Labute approximate surface area is 112 Å². The number of aliphatic carboxylic acids is 1. The number of halogens is 1. The third-order valence-corrected chi connectivity index (χ3v) is 2.94. The number of hydrogen-bond donors (Lipinski definition) is 2. The van der Waals surface area contributed by atoms with Gasteiger partial charge < -0.3 is 19.7 Å². The van der Waals surface area contributed by atoms with Crippen LogP contribution in [0, 0.1) is 0 Å². The number of benzene rings is 1. The van der Waals surface area contributed by atoms with Crippen LogP contribution in [0.4, 0.5) is 10.5 Å². The summed E-state index contributed by atoms with van der Waals surface area (Å²) in [6.07, 6.45) is -2.55. The number of carbonyl (C=O) groups is 2. The van der Waals surface area contributed by atoms with Crippen molar-refractivity contribution in [2.24, 2.45) is 0 Å². The third kappa shape index (κ3) is 2.37. The van der Waals surface area contributed by atoms with E-state index >= 15 is 0 Å². The van der Waals surface area contributed by atoms with E-state index in [2.05, 4.69) is 0 Å². The van der Waals surface area contributed by atoms with Gasteiger partial charge in [-0.15, -0.1) is 0 Å². The Bertz CT molecular complexity index is 546. The van der Waals surface area contributed by atoms with Crippen LogP contribution < -0.4 is 14.4 Å². The normalized spacial score (nSPS) is 17.4. The highest BCUT2D eigenvalue weighted by Crippen LogP contribution is 2.41. The Morgan fingerprint density at radius 2 is 2.16 bits per heavy atom. The fourth-order valence-corrected chi connectivity index (χ4v) is 1.99. The molecule has 0 aliphatic carbocycles. The Kier molecular flexibility index (Phi) is 3.39. The number of fused-ring (bicyclic) bond motifs is 1. The van der Waals surface area contributed by atoms with E-state index in [4.69, 9.17) is 31.3 Å². The first-order valence-corrected chi connectivity index (χ1v) is 5.59. The van der Waals surface area contributed by atoms with E-state index in [1.807, 2.05) is 0 Å². The number of carboxylic acid groups (broad SMARTS) is 2. The summed E-state index contributed by atoms with van der Waals surface area (Å²) < 4.78 is 10.2. The molecule has 1 aromatic carbocycles. The maximum absolute atomic E-state index is 11.2. The van der Waals surface area contributed by atoms with E-state index in [0.29, 0.717) is 0 Å². The number of anilines is 1. The molecule has 0 bridgehead atoms. The van der Waals surface area contributed by atoms with Crippen molar-refractivity contribution in [2.45, 2.75) is 6.10 Å². The number of hydrogen-bond acceptors (Lipinski definition) is 4. The lowest BCUT2D eigenvalue weighted by molar-refractivity contribution is -0.144. The molecule has 102 valence electrons. The molecule has 1 aliphatic heterocycles. The first-order chi connectivity index (χ1) is 8.93. The van der Waals surface area contributed by atoms with Crippen LogP contribution in [-0.4, -0.2) is 42.0 Å². The van der Waals surface area contributed by atoms with Crippen LogP contribution >= 0.6 is 11.6 Å². The summed E-state index contributed by atoms with van der Waals surface area (Å²) >= 11 is 5.91. The standard InChI is InChI=1S/C11H10ClNO6/c1-18-7-3-8-6(2-5(7)12)13(11(16)17)4-9(19-8)10(14)15/h2-3,9H,4H2,1H3,(H,14,15)(H,16,17). The maximum atomic E-state index is 11.2. The molecule has 1 unspecified atom stereocenters. The van der Waals surface area contributed by atoms with Gasteiger partial charge in [-0.3, -0.25) is 4.90 Å². The van der Waals surface area contributed by atoms with Gasteiger partial charge in [0.15, 0.2) is 0 Å². The molecule has 0 fully saturated rings. The lowest BCUT2D eigenvalue weighted by Gasteiger charge is -2.31. The Balaban J connectivity index is 2.51.